The zero-order valence-electron chi connectivity index (χ0n) is 18.2. The first kappa shape index (κ1) is 22.3. The highest BCUT2D eigenvalue weighted by Gasteiger charge is 2.18. The van der Waals surface area contributed by atoms with Crippen LogP contribution in [0.2, 0.25) is 0 Å². The second-order valence-electron chi connectivity index (χ2n) is 7.99. The van der Waals surface area contributed by atoms with E-state index in [0.29, 0.717) is 22.3 Å². The Morgan fingerprint density at radius 2 is 1.97 bits per heavy atom. The summed E-state index contributed by atoms with van der Waals surface area (Å²) in [6, 6.07) is 3.81. The van der Waals surface area contributed by atoms with Crippen LogP contribution in [0.15, 0.2) is 17.8 Å². The third-order valence-electron chi connectivity index (χ3n) is 5.17. The van der Waals surface area contributed by atoms with Gasteiger partial charge in [0.2, 0.25) is 0 Å². The van der Waals surface area contributed by atoms with Gasteiger partial charge in [-0.25, -0.2) is 10.8 Å². The molecule has 0 bridgehead atoms. The van der Waals surface area contributed by atoms with Crippen molar-refractivity contribution in [3.63, 3.8) is 0 Å². The van der Waals surface area contributed by atoms with Crippen molar-refractivity contribution in [1.29, 1.82) is 0 Å². The molecule has 1 fully saturated rings. The van der Waals surface area contributed by atoms with E-state index in [9.17, 15) is 0 Å². The zero-order valence-corrected chi connectivity index (χ0v) is 19.0. The van der Waals surface area contributed by atoms with E-state index in [1.54, 1.807) is 7.05 Å². The lowest BCUT2D eigenvalue weighted by Crippen LogP contribution is -2.31. The lowest BCUT2D eigenvalue weighted by molar-refractivity contribution is 0.153. The summed E-state index contributed by atoms with van der Waals surface area (Å²) in [5.74, 6) is 7.84. The van der Waals surface area contributed by atoms with Gasteiger partial charge in [-0.2, -0.15) is 9.36 Å². The van der Waals surface area contributed by atoms with Crippen LogP contribution in [0.25, 0.3) is 5.70 Å². The van der Waals surface area contributed by atoms with Crippen LogP contribution in [-0.2, 0) is 0 Å². The Morgan fingerprint density at radius 1 is 1.23 bits per heavy atom. The maximum atomic E-state index is 6.40. The van der Waals surface area contributed by atoms with Crippen LogP contribution < -0.4 is 21.1 Å². The molecule has 164 valence electrons. The maximum absolute atomic E-state index is 6.40. The lowest BCUT2D eigenvalue weighted by atomic mass is 9.98. The quantitative estimate of drug-likeness (QED) is 0.481. The van der Waals surface area contributed by atoms with Gasteiger partial charge in [-0.15, -0.1) is 0 Å². The number of pyridine rings is 1. The molecule has 8 nitrogen and oxygen atoms in total. The fraction of sp³-hybridized carbons (Fsp3) is 0.571. The van der Waals surface area contributed by atoms with Gasteiger partial charge >= 0.3 is 0 Å². The Kier molecular flexibility index (Phi) is 7.49. The first-order chi connectivity index (χ1) is 14.3. The predicted molar refractivity (Wildman–Crippen MR) is 119 cm³/mol. The van der Waals surface area contributed by atoms with Gasteiger partial charge in [0.1, 0.15) is 18.2 Å². The molecular weight excluding hydrogens is 400 g/mol. The summed E-state index contributed by atoms with van der Waals surface area (Å²) in [4.78, 5) is 9.04. The molecule has 2 aromatic heterocycles. The number of hydrogen-bond donors (Lipinski definition) is 2. The number of ether oxygens (including phenoxy) is 2. The zero-order chi connectivity index (χ0) is 21.7. The van der Waals surface area contributed by atoms with E-state index in [2.05, 4.69) is 14.3 Å². The summed E-state index contributed by atoms with van der Waals surface area (Å²) in [6.07, 6.45) is 6.23. The van der Waals surface area contributed by atoms with E-state index in [1.165, 1.54) is 35.8 Å². The molecule has 1 aliphatic rings. The Hall–Kier alpha value is -2.39. The molecule has 0 aromatic carbocycles. The minimum atomic E-state index is 0.173. The van der Waals surface area contributed by atoms with Crippen molar-refractivity contribution in [3.8, 4) is 10.9 Å². The molecule has 9 heteroatoms. The summed E-state index contributed by atoms with van der Waals surface area (Å²) in [5, 5.41) is 1.94. The SMILES string of the molecule is Cc1nc(/C(N)=C(\COc2nc(C(C)C)ns2)N(C)N)ccc1OC1CCCCC1. The lowest BCUT2D eigenvalue weighted by Gasteiger charge is -2.24. The van der Waals surface area contributed by atoms with Gasteiger partial charge in [0, 0.05) is 24.5 Å². The van der Waals surface area contributed by atoms with E-state index < -0.39 is 0 Å². The smallest absolute Gasteiger partial charge is 0.293 e. The van der Waals surface area contributed by atoms with Gasteiger partial charge in [0.05, 0.1) is 28.9 Å². The van der Waals surface area contributed by atoms with Crippen LogP contribution in [0, 0.1) is 6.92 Å². The van der Waals surface area contributed by atoms with E-state index in [4.69, 9.17) is 21.1 Å². The Balaban J connectivity index is 1.73. The van der Waals surface area contributed by atoms with Crippen LogP contribution in [0.5, 0.6) is 10.9 Å². The van der Waals surface area contributed by atoms with Gasteiger partial charge < -0.3 is 20.2 Å². The predicted octanol–water partition coefficient (Wildman–Crippen LogP) is 3.59. The van der Waals surface area contributed by atoms with E-state index in [0.717, 1.165) is 30.1 Å². The summed E-state index contributed by atoms with van der Waals surface area (Å²) in [5.41, 5.74) is 8.93. The number of rotatable bonds is 8. The summed E-state index contributed by atoms with van der Waals surface area (Å²) >= 11 is 1.22. The first-order valence-electron chi connectivity index (χ1n) is 10.4. The number of nitrogens with zero attached hydrogens (tertiary/aromatic N) is 4. The molecule has 0 radical (unpaired) electrons. The van der Waals surface area contributed by atoms with Crippen molar-refractivity contribution in [2.45, 2.75) is 64.9 Å². The largest absolute Gasteiger partial charge is 0.489 e. The molecule has 1 saturated carbocycles. The minimum absolute atomic E-state index is 0.173. The number of aromatic nitrogens is 3. The van der Waals surface area contributed by atoms with Crippen LogP contribution >= 0.6 is 11.5 Å². The Bertz CT molecular complexity index is 874. The second kappa shape index (κ2) is 10.1. The van der Waals surface area contributed by atoms with Gasteiger partial charge in [0.15, 0.2) is 0 Å². The van der Waals surface area contributed by atoms with Gasteiger partial charge in [-0.1, -0.05) is 20.3 Å². The average molecular weight is 433 g/mol. The minimum Gasteiger partial charge on any atom is -0.489 e. The van der Waals surface area contributed by atoms with Crippen LogP contribution in [0.3, 0.4) is 0 Å². The standard InChI is InChI=1S/C21H32N6O2S/c1-13(2)20-25-21(30-26-20)28-12-17(27(4)23)19(22)16-10-11-18(14(3)24-16)29-15-8-6-5-7-9-15/h10-11,13,15H,5-9,12,22-23H2,1-4H3/b19-17-. The molecule has 1 aliphatic carbocycles. The summed E-state index contributed by atoms with van der Waals surface area (Å²) in [6.45, 7) is 6.19. The molecular formula is C21H32N6O2S. The fourth-order valence-electron chi connectivity index (χ4n) is 3.35. The molecule has 3 rings (SSSR count). The van der Waals surface area contributed by atoms with Crippen molar-refractivity contribution in [1.82, 2.24) is 19.4 Å². The topological polar surface area (TPSA) is 112 Å². The highest BCUT2D eigenvalue weighted by atomic mass is 32.1. The third kappa shape index (κ3) is 5.60. The Morgan fingerprint density at radius 3 is 2.57 bits per heavy atom. The van der Waals surface area contributed by atoms with E-state index in [-0.39, 0.29) is 18.6 Å². The highest BCUT2D eigenvalue weighted by molar-refractivity contribution is 7.07. The van der Waals surface area contributed by atoms with Crippen molar-refractivity contribution >= 4 is 17.2 Å². The normalized spacial score (nSPS) is 15.8. The molecule has 0 unspecified atom stereocenters. The van der Waals surface area contributed by atoms with E-state index in [1.807, 2.05) is 32.9 Å². The molecule has 30 heavy (non-hydrogen) atoms. The number of nitrogens with two attached hydrogens (primary N) is 2. The van der Waals surface area contributed by atoms with Crippen molar-refractivity contribution in [2.75, 3.05) is 13.7 Å². The van der Waals surface area contributed by atoms with Gasteiger partial charge in [-0.05, 0) is 44.7 Å². The van der Waals surface area contributed by atoms with Crippen LogP contribution in [0.4, 0.5) is 0 Å². The molecule has 0 aliphatic heterocycles. The van der Waals surface area contributed by atoms with Crippen molar-refractivity contribution in [3.05, 3.63) is 35.0 Å². The summed E-state index contributed by atoms with van der Waals surface area (Å²) < 4.78 is 16.3. The van der Waals surface area contributed by atoms with E-state index >= 15 is 0 Å². The average Bonchev–Trinajstić information content (AvgIpc) is 3.19. The molecule has 0 spiro atoms. The molecule has 0 saturated heterocycles. The summed E-state index contributed by atoms with van der Waals surface area (Å²) in [7, 11) is 1.72. The molecule has 2 heterocycles. The third-order valence-corrected chi connectivity index (χ3v) is 5.81. The number of hydrazine groups is 1. The number of hydrogen-bond acceptors (Lipinski definition) is 9. The Labute approximate surface area is 182 Å². The fourth-order valence-corrected chi connectivity index (χ4v) is 4.02. The second-order valence-corrected chi connectivity index (χ2v) is 8.71. The first-order valence-corrected chi connectivity index (χ1v) is 11.2. The highest BCUT2D eigenvalue weighted by Crippen LogP contribution is 2.27. The maximum Gasteiger partial charge on any atom is 0.293 e. The van der Waals surface area contributed by atoms with Gasteiger partial charge in [-0.3, -0.25) is 0 Å². The van der Waals surface area contributed by atoms with Crippen LogP contribution in [-0.4, -0.2) is 39.1 Å². The van der Waals surface area contributed by atoms with Crippen molar-refractivity contribution < 1.29 is 9.47 Å². The number of likely N-dealkylation sites (N-methyl/N-ethyl adjacent to an activating group) is 1. The monoisotopic (exact) mass is 432 g/mol. The van der Waals surface area contributed by atoms with Gasteiger partial charge in [0.25, 0.3) is 5.19 Å². The number of aryl methyl sites for hydroxylation is 1. The molecule has 0 amide bonds. The molecule has 4 N–H and O–H groups in total. The molecule has 0 atom stereocenters. The van der Waals surface area contributed by atoms with Crippen LogP contribution in [0.1, 0.15) is 69.1 Å². The molecule has 2 aromatic rings. The van der Waals surface area contributed by atoms with Crippen molar-refractivity contribution in [2.24, 2.45) is 11.6 Å².